The van der Waals surface area contributed by atoms with Crippen molar-refractivity contribution in [2.75, 3.05) is 6.26 Å². The highest BCUT2D eigenvalue weighted by Crippen LogP contribution is 2.24. The lowest BCUT2D eigenvalue weighted by molar-refractivity contribution is 0.620. The molecule has 86 valence electrons. The first-order valence-corrected chi connectivity index (χ1v) is 5.83. The number of nitriles is 2. The third-order valence-corrected chi connectivity index (χ3v) is 2.64. The fraction of sp³-hybridized carbons (Fsp3) is 0.182. The number of thioether (sulfide) groups is 1. The minimum Gasteiger partial charge on any atom is -0.271 e. The standard InChI is InChI=1S/C11H9FN4S/c1-7-8(5-13)3-4-9(10(7)12)16-11(17-2)15-6-14/h3-4H,1-2H3,(H,15,16). The summed E-state index contributed by atoms with van der Waals surface area (Å²) >= 11 is 1.20. The van der Waals surface area contributed by atoms with Crippen LogP contribution in [0.4, 0.5) is 10.1 Å². The van der Waals surface area contributed by atoms with Crippen molar-refractivity contribution >= 4 is 22.6 Å². The molecule has 0 amide bonds. The van der Waals surface area contributed by atoms with Crippen LogP contribution in [0.15, 0.2) is 17.1 Å². The van der Waals surface area contributed by atoms with Crippen molar-refractivity contribution in [2.24, 2.45) is 4.99 Å². The van der Waals surface area contributed by atoms with E-state index in [-0.39, 0.29) is 16.8 Å². The Labute approximate surface area is 103 Å². The van der Waals surface area contributed by atoms with Crippen LogP contribution >= 0.6 is 11.8 Å². The van der Waals surface area contributed by atoms with Crippen LogP contribution in [0, 0.1) is 35.5 Å². The highest BCUT2D eigenvalue weighted by molar-refractivity contribution is 8.13. The Morgan fingerprint density at radius 1 is 1.47 bits per heavy atom. The second-order valence-corrected chi connectivity index (χ2v) is 3.84. The summed E-state index contributed by atoms with van der Waals surface area (Å²) in [6.45, 7) is 1.52. The van der Waals surface area contributed by atoms with Gasteiger partial charge in [0.15, 0.2) is 17.2 Å². The second kappa shape index (κ2) is 5.88. The number of hydrogen-bond acceptors (Lipinski definition) is 4. The zero-order valence-electron chi connectivity index (χ0n) is 9.28. The van der Waals surface area contributed by atoms with Gasteiger partial charge >= 0.3 is 0 Å². The van der Waals surface area contributed by atoms with Crippen molar-refractivity contribution in [3.05, 3.63) is 29.1 Å². The van der Waals surface area contributed by atoms with Gasteiger partial charge < -0.3 is 0 Å². The van der Waals surface area contributed by atoms with Crippen LogP contribution in [-0.4, -0.2) is 11.4 Å². The number of halogens is 1. The van der Waals surface area contributed by atoms with Crippen LogP contribution in [0.1, 0.15) is 11.1 Å². The average molecular weight is 248 g/mol. The maximum Gasteiger partial charge on any atom is 0.183 e. The quantitative estimate of drug-likeness (QED) is 0.358. The van der Waals surface area contributed by atoms with Crippen molar-refractivity contribution in [2.45, 2.75) is 6.92 Å². The fourth-order valence-corrected chi connectivity index (χ4v) is 1.50. The van der Waals surface area contributed by atoms with Gasteiger partial charge in [-0.3, -0.25) is 5.32 Å². The third kappa shape index (κ3) is 2.96. The van der Waals surface area contributed by atoms with E-state index in [0.717, 1.165) is 0 Å². The summed E-state index contributed by atoms with van der Waals surface area (Å²) < 4.78 is 13.8. The van der Waals surface area contributed by atoms with Crippen molar-refractivity contribution < 1.29 is 4.39 Å². The molecule has 0 aliphatic carbocycles. The maximum absolute atomic E-state index is 13.8. The first-order valence-electron chi connectivity index (χ1n) is 4.61. The van der Waals surface area contributed by atoms with Gasteiger partial charge in [0, 0.05) is 5.56 Å². The third-order valence-electron chi connectivity index (χ3n) is 2.06. The topological polar surface area (TPSA) is 72.0 Å². The highest BCUT2D eigenvalue weighted by Gasteiger charge is 2.09. The molecule has 17 heavy (non-hydrogen) atoms. The van der Waals surface area contributed by atoms with Crippen LogP contribution in [-0.2, 0) is 0 Å². The molecule has 6 heteroatoms. The van der Waals surface area contributed by atoms with Crippen molar-refractivity contribution in [1.82, 2.24) is 5.32 Å². The Morgan fingerprint density at radius 3 is 2.71 bits per heavy atom. The van der Waals surface area contributed by atoms with Gasteiger partial charge in [0.05, 0.1) is 11.6 Å². The number of hydrogen-bond donors (Lipinski definition) is 1. The molecule has 1 aromatic rings. The molecule has 0 heterocycles. The largest absolute Gasteiger partial charge is 0.271 e. The molecule has 1 aromatic carbocycles. The number of rotatable bonds is 1. The van der Waals surface area contributed by atoms with Crippen LogP contribution in [0.25, 0.3) is 0 Å². The number of benzene rings is 1. The first-order chi connectivity index (χ1) is 8.13. The van der Waals surface area contributed by atoms with E-state index in [2.05, 4.69) is 10.3 Å². The molecule has 0 saturated carbocycles. The molecule has 0 atom stereocenters. The maximum atomic E-state index is 13.8. The lowest BCUT2D eigenvalue weighted by Crippen LogP contribution is -2.12. The zero-order valence-corrected chi connectivity index (χ0v) is 10.1. The minimum absolute atomic E-state index is 0.105. The summed E-state index contributed by atoms with van der Waals surface area (Å²) in [4.78, 5) is 3.96. The molecule has 0 aliphatic rings. The van der Waals surface area contributed by atoms with Gasteiger partial charge in [-0.05, 0) is 25.3 Å². The van der Waals surface area contributed by atoms with Crippen molar-refractivity contribution in [3.8, 4) is 12.3 Å². The molecule has 4 nitrogen and oxygen atoms in total. The molecule has 0 unspecified atom stereocenters. The molecule has 0 aromatic heterocycles. The van der Waals surface area contributed by atoms with Gasteiger partial charge in [0.1, 0.15) is 5.69 Å². The SMILES string of the molecule is CSC(=Nc1ccc(C#N)c(C)c1F)NC#N. The molecule has 1 N–H and O–H groups in total. The average Bonchev–Trinajstić information content (AvgIpc) is 2.34. The van der Waals surface area contributed by atoms with Crippen molar-refractivity contribution in [3.63, 3.8) is 0 Å². The van der Waals surface area contributed by atoms with E-state index >= 15 is 0 Å². The zero-order chi connectivity index (χ0) is 12.8. The summed E-state index contributed by atoms with van der Waals surface area (Å²) in [5.41, 5.74) is 0.639. The molecule has 1 rings (SSSR count). The van der Waals surface area contributed by atoms with E-state index in [0.29, 0.717) is 5.17 Å². The summed E-state index contributed by atoms with van der Waals surface area (Å²) in [6.07, 6.45) is 3.44. The van der Waals surface area contributed by atoms with Gasteiger partial charge in [0.2, 0.25) is 0 Å². The summed E-state index contributed by atoms with van der Waals surface area (Å²) in [7, 11) is 0. The van der Waals surface area contributed by atoms with E-state index in [4.69, 9.17) is 10.5 Å². The van der Waals surface area contributed by atoms with Gasteiger partial charge in [-0.15, -0.1) is 0 Å². The van der Waals surface area contributed by atoms with Crippen LogP contribution in [0.3, 0.4) is 0 Å². The van der Waals surface area contributed by atoms with E-state index in [9.17, 15) is 4.39 Å². The Balaban J connectivity index is 3.22. The van der Waals surface area contributed by atoms with Crippen LogP contribution in [0.2, 0.25) is 0 Å². The van der Waals surface area contributed by atoms with Gasteiger partial charge in [-0.2, -0.15) is 10.5 Å². The Kier molecular flexibility index (Phi) is 4.50. The molecule has 0 fully saturated rings. The normalized spacial score (nSPS) is 10.5. The smallest absolute Gasteiger partial charge is 0.183 e. The van der Waals surface area contributed by atoms with Crippen LogP contribution in [0.5, 0.6) is 0 Å². The van der Waals surface area contributed by atoms with E-state index in [1.54, 1.807) is 12.4 Å². The summed E-state index contributed by atoms with van der Waals surface area (Å²) in [6, 6.07) is 4.81. The summed E-state index contributed by atoms with van der Waals surface area (Å²) in [5.74, 6) is -0.546. The van der Waals surface area contributed by atoms with Gasteiger partial charge in [0.25, 0.3) is 0 Å². The predicted octanol–water partition coefficient (Wildman–Crippen LogP) is 2.43. The Bertz CT molecular complexity index is 540. The number of nitrogens with zero attached hydrogens (tertiary/aromatic N) is 3. The van der Waals surface area contributed by atoms with Crippen LogP contribution < -0.4 is 5.32 Å². The minimum atomic E-state index is -0.546. The lowest BCUT2D eigenvalue weighted by Gasteiger charge is -2.04. The Morgan fingerprint density at radius 2 is 2.18 bits per heavy atom. The second-order valence-electron chi connectivity index (χ2n) is 3.04. The van der Waals surface area contributed by atoms with E-state index in [1.165, 1.54) is 30.8 Å². The molecule has 0 aliphatic heterocycles. The molecule has 0 spiro atoms. The molecular formula is C11H9FN4S. The fourth-order valence-electron chi connectivity index (χ4n) is 1.16. The van der Waals surface area contributed by atoms with E-state index < -0.39 is 5.82 Å². The number of nitrogens with one attached hydrogen (secondary N) is 1. The first kappa shape index (κ1) is 13.0. The van der Waals surface area contributed by atoms with Crippen molar-refractivity contribution in [1.29, 1.82) is 10.5 Å². The number of aliphatic imine (C=N–C) groups is 1. The molecular weight excluding hydrogens is 239 g/mol. The molecule has 0 bridgehead atoms. The number of amidine groups is 1. The lowest BCUT2D eigenvalue weighted by atomic mass is 10.1. The molecule has 0 saturated heterocycles. The van der Waals surface area contributed by atoms with Gasteiger partial charge in [-0.25, -0.2) is 9.38 Å². The van der Waals surface area contributed by atoms with E-state index in [1.807, 2.05) is 6.07 Å². The predicted molar refractivity (Wildman–Crippen MR) is 65.2 cm³/mol. The Hall–Kier alpha value is -2.05. The van der Waals surface area contributed by atoms with Gasteiger partial charge in [-0.1, -0.05) is 11.8 Å². The monoisotopic (exact) mass is 248 g/mol. The summed E-state index contributed by atoms with van der Waals surface area (Å²) in [5, 5.41) is 19.8. The highest BCUT2D eigenvalue weighted by atomic mass is 32.2. The molecule has 0 radical (unpaired) electrons.